The summed E-state index contributed by atoms with van der Waals surface area (Å²) in [7, 11) is 1.37. The minimum atomic E-state index is -0.420. The van der Waals surface area contributed by atoms with Gasteiger partial charge < -0.3 is 15.4 Å². The molecule has 0 saturated heterocycles. The van der Waals surface area contributed by atoms with E-state index in [9.17, 15) is 4.79 Å². The van der Waals surface area contributed by atoms with Crippen molar-refractivity contribution in [1.82, 2.24) is 9.78 Å². The van der Waals surface area contributed by atoms with Crippen molar-refractivity contribution in [1.29, 1.82) is 0 Å². The normalized spacial score (nSPS) is 10.8. The van der Waals surface area contributed by atoms with E-state index in [0.29, 0.717) is 38.7 Å². The summed E-state index contributed by atoms with van der Waals surface area (Å²) in [5.74, 6) is -0.420. The molecule has 2 aromatic heterocycles. The number of esters is 1. The van der Waals surface area contributed by atoms with Crippen molar-refractivity contribution >= 4 is 68.5 Å². The summed E-state index contributed by atoms with van der Waals surface area (Å²) in [6.45, 7) is 4.35. The third-order valence-corrected chi connectivity index (χ3v) is 7.43. The number of methoxy groups -OCH3 is 1. The predicted octanol–water partition coefficient (Wildman–Crippen LogP) is 7.10. The van der Waals surface area contributed by atoms with Crippen LogP contribution in [0.15, 0.2) is 54.6 Å². The summed E-state index contributed by atoms with van der Waals surface area (Å²) >= 11 is 19.4. The van der Waals surface area contributed by atoms with Gasteiger partial charge in [-0.2, -0.15) is 5.10 Å². The van der Waals surface area contributed by atoms with Crippen LogP contribution in [0.4, 0.5) is 10.7 Å². The number of thiocarbonyl (C=S) groups is 1. The topological polar surface area (TPSA) is 68.2 Å². The first-order valence-electron chi connectivity index (χ1n) is 11.1. The van der Waals surface area contributed by atoms with Crippen LogP contribution < -0.4 is 10.6 Å². The maximum Gasteiger partial charge on any atom is 0.340 e. The summed E-state index contributed by atoms with van der Waals surface area (Å²) in [5.41, 5.74) is 4.98. The van der Waals surface area contributed by atoms with Crippen LogP contribution in [0.2, 0.25) is 10.0 Å². The largest absolute Gasteiger partial charge is 0.465 e. The number of nitrogens with zero attached hydrogens (tertiary/aromatic N) is 2. The second kappa shape index (κ2) is 11.4. The zero-order chi connectivity index (χ0) is 25.8. The predicted molar refractivity (Wildman–Crippen MR) is 152 cm³/mol. The number of aromatic nitrogens is 2. The molecule has 0 fully saturated rings. The number of carbonyl (C=O) groups excluding carboxylic acids is 1. The van der Waals surface area contributed by atoms with Crippen LogP contribution in [0.25, 0.3) is 0 Å². The Kier molecular flexibility index (Phi) is 8.31. The monoisotopic (exact) mass is 558 g/mol. The third-order valence-electron chi connectivity index (χ3n) is 5.59. The van der Waals surface area contributed by atoms with Gasteiger partial charge in [0.15, 0.2) is 5.11 Å². The molecule has 0 unspecified atom stereocenters. The van der Waals surface area contributed by atoms with Gasteiger partial charge in [-0.1, -0.05) is 59.6 Å². The first-order valence-corrected chi connectivity index (χ1v) is 13.0. The molecule has 10 heteroatoms. The second-order valence-electron chi connectivity index (χ2n) is 8.13. The lowest BCUT2D eigenvalue weighted by Gasteiger charge is -2.11. The van der Waals surface area contributed by atoms with Crippen molar-refractivity contribution in [2.45, 2.75) is 26.8 Å². The van der Waals surface area contributed by atoms with E-state index in [1.165, 1.54) is 18.4 Å². The van der Waals surface area contributed by atoms with Crippen LogP contribution in [0.5, 0.6) is 0 Å². The lowest BCUT2D eigenvalue weighted by molar-refractivity contribution is 0.0602. The number of nitrogens with one attached hydrogen (secondary N) is 2. The molecule has 2 aromatic carbocycles. The molecule has 0 atom stereocenters. The van der Waals surface area contributed by atoms with E-state index in [1.54, 1.807) is 12.1 Å². The molecule has 0 radical (unpaired) electrons. The Morgan fingerprint density at radius 3 is 2.56 bits per heavy atom. The molecule has 0 aliphatic rings. The van der Waals surface area contributed by atoms with E-state index in [0.717, 1.165) is 33.1 Å². The fraction of sp³-hybridized carbons (Fsp3) is 0.192. The van der Waals surface area contributed by atoms with Gasteiger partial charge in [-0.25, -0.2) is 4.79 Å². The molecule has 2 heterocycles. The fourth-order valence-electron chi connectivity index (χ4n) is 3.77. The maximum absolute atomic E-state index is 12.4. The Morgan fingerprint density at radius 2 is 1.86 bits per heavy atom. The Balaban J connectivity index is 1.51. The minimum absolute atomic E-state index is 0.350. The molecule has 0 spiro atoms. The molecule has 0 aliphatic heterocycles. The van der Waals surface area contributed by atoms with Crippen molar-refractivity contribution in [3.63, 3.8) is 0 Å². The minimum Gasteiger partial charge on any atom is -0.465 e. The number of hydrogen-bond donors (Lipinski definition) is 2. The van der Waals surface area contributed by atoms with Gasteiger partial charge in [0.1, 0.15) is 5.00 Å². The number of hydrogen-bond acceptors (Lipinski definition) is 5. The molecule has 0 bridgehead atoms. The SMILES string of the molecule is COC(=O)c1cc(Cc2ccccc2)sc1NC(=S)Nc1c(C)nn(Cc2ccc(Cl)cc2Cl)c1C. The summed E-state index contributed by atoms with van der Waals surface area (Å²) < 4.78 is 6.85. The Labute approximate surface area is 229 Å². The quantitative estimate of drug-likeness (QED) is 0.186. The van der Waals surface area contributed by atoms with Gasteiger partial charge in [-0.3, -0.25) is 4.68 Å². The number of thiophene rings is 1. The first-order chi connectivity index (χ1) is 17.2. The highest BCUT2D eigenvalue weighted by atomic mass is 35.5. The van der Waals surface area contributed by atoms with Crippen LogP contribution in [-0.4, -0.2) is 28.0 Å². The standard InChI is InChI=1S/C26H24Cl2N4O2S2/c1-15-23(16(2)32(31-15)14-18-9-10-19(27)12-22(18)28)29-26(35)30-24-21(25(33)34-3)13-20(36-24)11-17-7-5-4-6-8-17/h4-10,12-13H,11,14H2,1-3H3,(H2,29,30,35). The Bertz CT molecular complexity index is 1420. The first kappa shape index (κ1) is 26.2. The molecular weight excluding hydrogens is 535 g/mol. The molecule has 4 aromatic rings. The molecular formula is C26H24Cl2N4O2S2. The fourth-order valence-corrected chi connectivity index (χ4v) is 5.59. The summed E-state index contributed by atoms with van der Waals surface area (Å²) in [6.07, 6.45) is 0.704. The number of ether oxygens (including phenoxy) is 1. The summed E-state index contributed by atoms with van der Waals surface area (Å²) in [5, 5.41) is 13.2. The highest BCUT2D eigenvalue weighted by Gasteiger charge is 2.19. The summed E-state index contributed by atoms with van der Waals surface area (Å²) in [4.78, 5) is 13.4. The van der Waals surface area contributed by atoms with Crippen LogP contribution in [0.3, 0.4) is 0 Å². The number of rotatable bonds is 7. The van der Waals surface area contributed by atoms with E-state index in [-0.39, 0.29) is 0 Å². The average Bonchev–Trinajstić information content (AvgIpc) is 3.36. The number of aryl methyl sites for hydroxylation is 1. The molecule has 6 nitrogen and oxygen atoms in total. The van der Waals surface area contributed by atoms with Crippen molar-refractivity contribution in [3.8, 4) is 0 Å². The Morgan fingerprint density at radius 1 is 1.11 bits per heavy atom. The average molecular weight is 560 g/mol. The van der Waals surface area contributed by atoms with Crippen molar-refractivity contribution in [2.24, 2.45) is 0 Å². The van der Waals surface area contributed by atoms with Crippen LogP contribution in [0, 0.1) is 13.8 Å². The van der Waals surface area contributed by atoms with Gasteiger partial charge in [-0.15, -0.1) is 11.3 Å². The van der Waals surface area contributed by atoms with E-state index in [2.05, 4.69) is 27.9 Å². The highest BCUT2D eigenvalue weighted by Crippen LogP contribution is 2.31. The highest BCUT2D eigenvalue weighted by molar-refractivity contribution is 7.80. The van der Waals surface area contributed by atoms with Crippen molar-refractivity contribution in [3.05, 3.63) is 97.6 Å². The molecule has 0 saturated carbocycles. The van der Waals surface area contributed by atoms with Crippen molar-refractivity contribution < 1.29 is 9.53 Å². The van der Waals surface area contributed by atoms with E-state index >= 15 is 0 Å². The lowest BCUT2D eigenvalue weighted by atomic mass is 10.1. The lowest BCUT2D eigenvalue weighted by Crippen LogP contribution is -2.20. The molecule has 2 N–H and O–H groups in total. The molecule has 0 amide bonds. The van der Waals surface area contributed by atoms with E-state index in [4.69, 9.17) is 40.2 Å². The van der Waals surface area contributed by atoms with Gasteiger partial charge in [0.25, 0.3) is 0 Å². The smallest absolute Gasteiger partial charge is 0.340 e. The maximum atomic E-state index is 12.4. The zero-order valence-corrected chi connectivity index (χ0v) is 23.0. The van der Waals surface area contributed by atoms with Gasteiger partial charge in [0.05, 0.1) is 36.3 Å². The number of halogens is 2. The molecule has 4 rings (SSSR count). The van der Waals surface area contributed by atoms with E-state index < -0.39 is 5.97 Å². The van der Waals surface area contributed by atoms with Gasteiger partial charge in [0.2, 0.25) is 0 Å². The molecule has 0 aliphatic carbocycles. The molecule has 36 heavy (non-hydrogen) atoms. The number of benzene rings is 2. The number of carbonyl (C=O) groups is 1. The van der Waals surface area contributed by atoms with Gasteiger partial charge in [0, 0.05) is 21.3 Å². The van der Waals surface area contributed by atoms with E-state index in [1.807, 2.05) is 48.9 Å². The van der Waals surface area contributed by atoms with Crippen molar-refractivity contribution in [2.75, 3.05) is 17.7 Å². The zero-order valence-electron chi connectivity index (χ0n) is 19.9. The van der Waals surface area contributed by atoms with Gasteiger partial charge >= 0.3 is 5.97 Å². The summed E-state index contributed by atoms with van der Waals surface area (Å²) in [6, 6.07) is 17.3. The van der Waals surface area contributed by atoms with Gasteiger partial charge in [-0.05, 0) is 55.4 Å². The van der Waals surface area contributed by atoms with Crippen LogP contribution >= 0.6 is 46.8 Å². The van der Waals surface area contributed by atoms with Crippen LogP contribution in [0.1, 0.15) is 37.7 Å². The van der Waals surface area contributed by atoms with Crippen LogP contribution in [-0.2, 0) is 17.7 Å². The third kappa shape index (κ3) is 6.07. The Hall–Kier alpha value is -2.91. The molecule has 186 valence electrons. The second-order valence-corrected chi connectivity index (χ2v) is 10.5. The number of anilines is 2.